The van der Waals surface area contributed by atoms with E-state index in [9.17, 15) is 31.2 Å². The Morgan fingerprint density at radius 2 is 1.57 bits per heavy atom. The van der Waals surface area contributed by atoms with Crippen molar-refractivity contribution in [3.8, 4) is 11.5 Å². The molecule has 12 heteroatoms. The minimum atomic E-state index is -4.46. The Morgan fingerprint density at radius 3 is 2.19 bits per heavy atom. The van der Waals surface area contributed by atoms with Gasteiger partial charge in [-0.2, -0.15) is 13.2 Å². The first-order valence-corrected chi connectivity index (χ1v) is 12.3. The van der Waals surface area contributed by atoms with Gasteiger partial charge in [0.05, 0.1) is 22.6 Å². The lowest BCUT2D eigenvalue weighted by Crippen LogP contribution is -2.30. The van der Waals surface area contributed by atoms with Gasteiger partial charge in [0.15, 0.2) is 0 Å². The van der Waals surface area contributed by atoms with E-state index in [2.05, 4.69) is 4.98 Å². The largest absolute Gasteiger partial charge is 0.462 e. The standard InChI is InChI=1S/C25H19F3N2O6S/c1-2-35-24(32)15-3-10-20(11-4-15)37(33,34)30-23(31)22-14-16-13-19(9-12-21(16)29-22)36-18-7-5-17(6-8-18)25(26,27)28/h3-14,29H,2H2,1H3,(H,30,31). The molecule has 4 aromatic rings. The van der Waals surface area contributed by atoms with Crippen molar-refractivity contribution in [2.24, 2.45) is 0 Å². The Morgan fingerprint density at radius 1 is 0.919 bits per heavy atom. The smallest absolute Gasteiger partial charge is 0.416 e. The third-order valence-corrected chi connectivity index (χ3v) is 6.50. The minimum Gasteiger partial charge on any atom is -0.462 e. The first-order valence-electron chi connectivity index (χ1n) is 10.8. The molecule has 0 radical (unpaired) electrons. The van der Waals surface area contributed by atoms with Crippen LogP contribution in [0.5, 0.6) is 11.5 Å². The van der Waals surface area contributed by atoms with E-state index in [0.29, 0.717) is 16.7 Å². The van der Waals surface area contributed by atoms with Gasteiger partial charge in [-0.25, -0.2) is 17.9 Å². The number of carbonyl (C=O) groups is 2. The zero-order valence-corrected chi connectivity index (χ0v) is 19.9. The summed E-state index contributed by atoms with van der Waals surface area (Å²) in [5.41, 5.74) is -0.187. The van der Waals surface area contributed by atoms with Crippen LogP contribution in [-0.4, -0.2) is 31.9 Å². The number of amides is 1. The zero-order chi connectivity index (χ0) is 26.8. The molecule has 0 spiro atoms. The Balaban J connectivity index is 1.48. The maximum absolute atomic E-state index is 12.7. The average molecular weight is 532 g/mol. The molecule has 0 unspecified atom stereocenters. The quantitative estimate of drug-likeness (QED) is 0.313. The van der Waals surface area contributed by atoms with E-state index in [-0.39, 0.29) is 28.5 Å². The molecular weight excluding hydrogens is 513 g/mol. The van der Waals surface area contributed by atoms with Gasteiger partial charge in [0.1, 0.15) is 17.2 Å². The number of aromatic nitrogens is 1. The van der Waals surface area contributed by atoms with E-state index < -0.39 is 33.6 Å². The SMILES string of the molecule is CCOC(=O)c1ccc(S(=O)(=O)NC(=O)c2cc3cc(Oc4ccc(C(F)(F)F)cc4)ccc3[nH]2)cc1. The van der Waals surface area contributed by atoms with Crippen LogP contribution in [0.3, 0.4) is 0 Å². The summed E-state index contributed by atoms with van der Waals surface area (Å²) >= 11 is 0. The second-order valence-electron chi connectivity index (χ2n) is 7.74. The molecule has 8 nitrogen and oxygen atoms in total. The van der Waals surface area contributed by atoms with Gasteiger partial charge in [0.2, 0.25) is 0 Å². The van der Waals surface area contributed by atoms with Crippen LogP contribution in [0.2, 0.25) is 0 Å². The van der Waals surface area contributed by atoms with Crippen molar-refractivity contribution >= 4 is 32.8 Å². The maximum atomic E-state index is 12.7. The Bertz CT molecular complexity index is 1560. The van der Waals surface area contributed by atoms with E-state index in [4.69, 9.17) is 9.47 Å². The number of nitrogens with one attached hydrogen (secondary N) is 2. The number of fused-ring (bicyclic) bond motifs is 1. The van der Waals surface area contributed by atoms with Gasteiger partial charge >= 0.3 is 12.1 Å². The van der Waals surface area contributed by atoms with Crippen molar-refractivity contribution in [3.05, 3.63) is 89.6 Å². The molecule has 3 aromatic carbocycles. The van der Waals surface area contributed by atoms with Crippen LogP contribution in [0, 0.1) is 0 Å². The number of sulfonamides is 1. The van der Waals surface area contributed by atoms with Crippen molar-refractivity contribution in [1.82, 2.24) is 9.71 Å². The second kappa shape index (κ2) is 9.97. The molecule has 1 amide bonds. The fourth-order valence-corrected chi connectivity index (χ4v) is 4.33. The number of hydrogen-bond acceptors (Lipinski definition) is 6. The molecule has 0 aliphatic heterocycles. The lowest BCUT2D eigenvalue weighted by Gasteiger charge is -2.09. The van der Waals surface area contributed by atoms with E-state index in [1.165, 1.54) is 42.5 Å². The van der Waals surface area contributed by atoms with Crippen molar-refractivity contribution in [3.63, 3.8) is 0 Å². The molecule has 37 heavy (non-hydrogen) atoms. The van der Waals surface area contributed by atoms with Crippen molar-refractivity contribution in [1.29, 1.82) is 0 Å². The third-order valence-electron chi connectivity index (χ3n) is 5.16. The van der Waals surface area contributed by atoms with Gasteiger partial charge < -0.3 is 14.5 Å². The number of rotatable bonds is 7. The number of aromatic amines is 1. The molecule has 0 fully saturated rings. The molecule has 0 bridgehead atoms. The highest BCUT2D eigenvalue weighted by Crippen LogP contribution is 2.32. The number of alkyl halides is 3. The maximum Gasteiger partial charge on any atom is 0.416 e. The summed E-state index contributed by atoms with van der Waals surface area (Å²) in [5.74, 6) is -1.04. The van der Waals surface area contributed by atoms with E-state index in [1.54, 1.807) is 25.1 Å². The summed E-state index contributed by atoms with van der Waals surface area (Å²) < 4.78 is 75.8. The van der Waals surface area contributed by atoms with Gasteiger partial charge in [-0.15, -0.1) is 0 Å². The second-order valence-corrected chi connectivity index (χ2v) is 9.42. The number of H-pyrrole nitrogens is 1. The summed E-state index contributed by atoms with van der Waals surface area (Å²) in [6.45, 7) is 1.81. The predicted molar refractivity (Wildman–Crippen MR) is 127 cm³/mol. The van der Waals surface area contributed by atoms with Gasteiger partial charge in [-0.05, 0) is 79.7 Å². The molecule has 0 saturated heterocycles. The van der Waals surface area contributed by atoms with Crippen LogP contribution in [0.4, 0.5) is 13.2 Å². The number of carbonyl (C=O) groups excluding carboxylic acids is 2. The van der Waals surface area contributed by atoms with Crippen LogP contribution in [0.1, 0.15) is 33.3 Å². The molecule has 192 valence electrons. The van der Waals surface area contributed by atoms with E-state index >= 15 is 0 Å². The predicted octanol–water partition coefficient (Wildman–Crippen LogP) is 5.27. The summed E-state index contributed by atoms with van der Waals surface area (Å²) in [4.78, 5) is 26.9. The van der Waals surface area contributed by atoms with Gasteiger partial charge in [-0.3, -0.25) is 4.79 Å². The number of esters is 1. The van der Waals surface area contributed by atoms with Crippen LogP contribution in [0.25, 0.3) is 10.9 Å². The van der Waals surface area contributed by atoms with Crippen LogP contribution < -0.4 is 9.46 Å². The molecule has 1 heterocycles. The molecule has 1 aromatic heterocycles. The monoisotopic (exact) mass is 532 g/mol. The lowest BCUT2D eigenvalue weighted by molar-refractivity contribution is -0.137. The van der Waals surface area contributed by atoms with Crippen molar-refractivity contribution in [2.75, 3.05) is 6.61 Å². The summed E-state index contributed by atoms with van der Waals surface area (Å²) in [6, 6.07) is 15.2. The minimum absolute atomic E-state index is 0.0478. The number of halogens is 3. The summed E-state index contributed by atoms with van der Waals surface area (Å²) in [5, 5.41) is 0.505. The van der Waals surface area contributed by atoms with Crippen LogP contribution in [-0.2, 0) is 20.9 Å². The average Bonchev–Trinajstić information content (AvgIpc) is 3.28. The van der Waals surface area contributed by atoms with E-state index in [0.717, 1.165) is 12.1 Å². The highest BCUT2D eigenvalue weighted by Gasteiger charge is 2.30. The summed E-state index contributed by atoms with van der Waals surface area (Å²) in [6.07, 6.45) is -4.46. The molecule has 2 N–H and O–H groups in total. The molecule has 0 aliphatic carbocycles. The van der Waals surface area contributed by atoms with Crippen LogP contribution in [0.15, 0.2) is 77.7 Å². The highest BCUT2D eigenvalue weighted by molar-refractivity contribution is 7.90. The lowest BCUT2D eigenvalue weighted by atomic mass is 10.2. The molecule has 0 saturated carbocycles. The number of ether oxygens (including phenoxy) is 2. The zero-order valence-electron chi connectivity index (χ0n) is 19.1. The number of benzene rings is 3. The molecular formula is C25H19F3N2O6S. The summed E-state index contributed by atoms with van der Waals surface area (Å²) in [7, 11) is -4.24. The normalized spacial score (nSPS) is 11.8. The van der Waals surface area contributed by atoms with Crippen molar-refractivity contribution in [2.45, 2.75) is 18.0 Å². The molecule has 0 aliphatic rings. The van der Waals surface area contributed by atoms with Crippen molar-refractivity contribution < 1.29 is 40.7 Å². The Hall–Kier alpha value is -4.32. The first kappa shape index (κ1) is 25.8. The molecule has 0 atom stereocenters. The first-order chi connectivity index (χ1) is 17.5. The Labute approximate surface area is 209 Å². The fourth-order valence-electron chi connectivity index (χ4n) is 3.37. The molecule has 4 rings (SSSR count). The van der Waals surface area contributed by atoms with Gasteiger partial charge in [-0.1, -0.05) is 0 Å². The topological polar surface area (TPSA) is 115 Å². The fraction of sp³-hybridized carbons (Fsp3) is 0.120. The van der Waals surface area contributed by atoms with E-state index in [1.807, 2.05) is 4.72 Å². The Kier molecular flexibility index (Phi) is 6.94. The number of hydrogen-bond donors (Lipinski definition) is 2. The van der Waals surface area contributed by atoms with Gasteiger partial charge in [0, 0.05) is 10.9 Å². The van der Waals surface area contributed by atoms with Crippen LogP contribution >= 0.6 is 0 Å². The van der Waals surface area contributed by atoms with Gasteiger partial charge in [0.25, 0.3) is 15.9 Å². The highest BCUT2D eigenvalue weighted by atomic mass is 32.2. The third kappa shape index (κ3) is 5.92.